The molecule has 1 fully saturated rings. The molecule has 118 valence electrons. The van der Waals surface area contributed by atoms with Crippen molar-refractivity contribution in [3.8, 4) is 11.7 Å². The van der Waals surface area contributed by atoms with Crippen LogP contribution in [0.3, 0.4) is 0 Å². The number of aromatic nitrogens is 2. The summed E-state index contributed by atoms with van der Waals surface area (Å²) in [4.78, 5) is 6.63. The first-order valence-electron chi connectivity index (χ1n) is 7.47. The molecular formula is C16H20ClN3O2. The van der Waals surface area contributed by atoms with Crippen LogP contribution in [0.1, 0.15) is 5.56 Å². The average molecular weight is 322 g/mol. The third kappa shape index (κ3) is 3.43. The molecule has 0 N–H and O–H groups in total. The van der Waals surface area contributed by atoms with Crippen molar-refractivity contribution >= 4 is 11.6 Å². The lowest BCUT2D eigenvalue weighted by molar-refractivity contribution is 0.0316. The number of benzene rings is 1. The summed E-state index contributed by atoms with van der Waals surface area (Å²) in [6.07, 6.45) is 3.60. The molecule has 0 bridgehead atoms. The first-order chi connectivity index (χ1) is 10.8. The number of hydrogen-bond donors (Lipinski definition) is 0. The molecule has 0 saturated carbocycles. The van der Waals surface area contributed by atoms with Gasteiger partial charge in [-0.2, -0.15) is 0 Å². The zero-order chi connectivity index (χ0) is 15.4. The second-order valence-electron chi connectivity index (χ2n) is 5.29. The highest BCUT2D eigenvalue weighted by atomic mass is 35.5. The van der Waals surface area contributed by atoms with Crippen molar-refractivity contribution in [2.75, 3.05) is 39.5 Å². The molecule has 1 aromatic carbocycles. The molecule has 1 aliphatic heterocycles. The highest BCUT2D eigenvalue weighted by Gasteiger charge is 2.13. The van der Waals surface area contributed by atoms with E-state index in [1.165, 1.54) is 0 Å². The summed E-state index contributed by atoms with van der Waals surface area (Å²) in [7, 11) is 0. The predicted molar refractivity (Wildman–Crippen MR) is 86.1 cm³/mol. The fraction of sp³-hybridized carbons (Fsp3) is 0.438. The van der Waals surface area contributed by atoms with Crippen LogP contribution in [-0.2, 0) is 4.74 Å². The summed E-state index contributed by atoms with van der Waals surface area (Å²) in [5.74, 6) is 0. The fourth-order valence-electron chi connectivity index (χ4n) is 2.59. The number of rotatable bonds is 5. The molecule has 0 unspecified atom stereocenters. The Morgan fingerprint density at radius 2 is 2.14 bits per heavy atom. The van der Waals surface area contributed by atoms with Gasteiger partial charge in [0.1, 0.15) is 6.61 Å². The summed E-state index contributed by atoms with van der Waals surface area (Å²) >= 11 is 6.32. The largest absolute Gasteiger partial charge is 0.463 e. The predicted octanol–water partition coefficient (Wildman–Crippen LogP) is 2.55. The van der Waals surface area contributed by atoms with Crippen LogP contribution >= 0.6 is 11.6 Å². The van der Waals surface area contributed by atoms with Gasteiger partial charge in [-0.15, -0.1) is 0 Å². The van der Waals surface area contributed by atoms with E-state index >= 15 is 0 Å². The molecule has 3 rings (SSSR count). The van der Waals surface area contributed by atoms with Crippen molar-refractivity contribution in [3.05, 3.63) is 41.2 Å². The Bertz CT molecular complexity index is 603. The molecular weight excluding hydrogens is 302 g/mol. The summed E-state index contributed by atoms with van der Waals surface area (Å²) in [5.41, 5.74) is 2.01. The van der Waals surface area contributed by atoms with Crippen molar-refractivity contribution in [1.82, 2.24) is 14.5 Å². The minimum absolute atomic E-state index is 0.574. The van der Waals surface area contributed by atoms with Crippen LogP contribution in [0.4, 0.5) is 0 Å². The molecule has 0 aliphatic carbocycles. The number of imidazole rings is 1. The number of morpholine rings is 1. The van der Waals surface area contributed by atoms with E-state index < -0.39 is 0 Å². The molecule has 0 spiro atoms. The molecule has 2 heterocycles. The number of aryl methyl sites for hydroxylation is 1. The van der Waals surface area contributed by atoms with Gasteiger partial charge in [0.25, 0.3) is 0 Å². The van der Waals surface area contributed by atoms with Crippen LogP contribution < -0.4 is 4.74 Å². The van der Waals surface area contributed by atoms with Gasteiger partial charge < -0.3 is 9.47 Å². The number of hydrogen-bond acceptors (Lipinski definition) is 4. The van der Waals surface area contributed by atoms with Crippen molar-refractivity contribution in [3.63, 3.8) is 0 Å². The maximum Gasteiger partial charge on any atom is 0.301 e. The molecule has 0 amide bonds. The smallest absolute Gasteiger partial charge is 0.301 e. The van der Waals surface area contributed by atoms with Gasteiger partial charge in [-0.3, -0.25) is 9.47 Å². The van der Waals surface area contributed by atoms with E-state index in [-0.39, 0.29) is 0 Å². The lowest BCUT2D eigenvalue weighted by Crippen LogP contribution is -2.38. The maximum absolute atomic E-state index is 6.32. The molecule has 5 nitrogen and oxygen atoms in total. The topological polar surface area (TPSA) is 39.5 Å². The Kier molecular flexibility index (Phi) is 4.97. The fourth-order valence-corrected chi connectivity index (χ4v) is 2.90. The van der Waals surface area contributed by atoms with Gasteiger partial charge in [-0.1, -0.05) is 23.7 Å². The van der Waals surface area contributed by atoms with Gasteiger partial charge in [-0.25, -0.2) is 4.98 Å². The van der Waals surface area contributed by atoms with Crippen molar-refractivity contribution in [2.24, 2.45) is 0 Å². The number of nitrogens with zero attached hydrogens (tertiary/aromatic N) is 3. The first-order valence-corrected chi connectivity index (χ1v) is 7.85. The zero-order valence-corrected chi connectivity index (χ0v) is 13.4. The highest BCUT2D eigenvalue weighted by molar-refractivity contribution is 6.32. The van der Waals surface area contributed by atoms with Gasteiger partial charge in [0.2, 0.25) is 0 Å². The SMILES string of the molecule is Cc1cccc(Cl)c1-n1ccnc1OCCN1CCOCC1. The zero-order valence-electron chi connectivity index (χ0n) is 12.7. The Hall–Kier alpha value is -1.56. The van der Waals surface area contributed by atoms with E-state index in [2.05, 4.69) is 9.88 Å². The van der Waals surface area contributed by atoms with Crippen LogP contribution in [0.2, 0.25) is 5.02 Å². The Morgan fingerprint density at radius 3 is 2.91 bits per heavy atom. The van der Waals surface area contributed by atoms with E-state index in [9.17, 15) is 0 Å². The number of para-hydroxylation sites is 1. The van der Waals surface area contributed by atoms with E-state index in [0.29, 0.717) is 17.6 Å². The minimum atomic E-state index is 0.574. The number of halogens is 1. The summed E-state index contributed by atoms with van der Waals surface area (Å²) in [6.45, 7) is 7.01. The standard InChI is InChI=1S/C16H20ClN3O2/c1-13-3-2-4-14(17)15(13)20-6-5-18-16(20)22-12-9-19-7-10-21-11-8-19/h2-6H,7-12H2,1H3. The summed E-state index contributed by atoms with van der Waals surface area (Å²) < 4.78 is 13.1. The molecule has 0 atom stereocenters. The van der Waals surface area contributed by atoms with Crippen LogP contribution in [-0.4, -0.2) is 53.9 Å². The van der Waals surface area contributed by atoms with Gasteiger partial charge in [0, 0.05) is 32.0 Å². The molecule has 1 aromatic heterocycles. The quantitative estimate of drug-likeness (QED) is 0.848. The first kappa shape index (κ1) is 15.3. The second kappa shape index (κ2) is 7.13. The molecule has 1 saturated heterocycles. The second-order valence-corrected chi connectivity index (χ2v) is 5.69. The van der Waals surface area contributed by atoms with E-state index in [1.54, 1.807) is 6.20 Å². The summed E-state index contributed by atoms with van der Waals surface area (Å²) in [5, 5.41) is 0.691. The molecule has 6 heteroatoms. The van der Waals surface area contributed by atoms with Crippen LogP contribution in [0.25, 0.3) is 5.69 Å². The summed E-state index contributed by atoms with van der Waals surface area (Å²) in [6, 6.07) is 6.42. The van der Waals surface area contributed by atoms with Crippen LogP contribution in [0.5, 0.6) is 6.01 Å². The van der Waals surface area contributed by atoms with Gasteiger partial charge in [-0.05, 0) is 18.6 Å². The molecule has 0 radical (unpaired) electrons. The third-order valence-corrected chi connectivity index (χ3v) is 4.08. The number of ether oxygens (including phenoxy) is 2. The van der Waals surface area contributed by atoms with Crippen LogP contribution in [0, 0.1) is 6.92 Å². The molecule has 2 aromatic rings. The highest BCUT2D eigenvalue weighted by Crippen LogP contribution is 2.27. The third-order valence-electron chi connectivity index (χ3n) is 3.78. The van der Waals surface area contributed by atoms with Crippen molar-refractivity contribution < 1.29 is 9.47 Å². The normalized spacial score (nSPS) is 15.9. The van der Waals surface area contributed by atoms with Crippen molar-refractivity contribution in [1.29, 1.82) is 0 Å². The van der Waals surface area contributed by atoms with Gasteiger partial charge in [0.15, 0.2) is 0 Å². The van der Waals surface area contributed by atoms with Gasteiger partial charge >= 0.3 is 6.01 Å². The monoisotopic (exact) mass is 321 g/mol. The maximum atomic E-state index is 6.32. The molecule has 1 aliphatic rings. The Balaban J connectivity index is 1.67. The van der Waals surface area contributed by atoms with E-state index in [4.69, 9.17) is 21.1 Å². The minimum Gasteiger partial charge on any atom is -0.463 e. The van der Waals surface area contributed by atoms with Crippen molar-refractivity contribution in [2.45, 2.75) is 6.92 Å². The van der Waals surface area contributed by atoms with E-state index in [1.807, 2.05) is 35.9 Å². The lowest BCUT2D eigenvalue weighted by Gasteiger charge is -2.26. The molecule has 22 heavy (non-hydrogen) atoms. The Morgan fingerprint density at radius 1 is 1.32 bits per heavy atom. The average Bonchev–Trinajstić information content (AvgIpc) is 2.96. The van der Waals surface area contributed by atoms with E-state index in [0.717, 1.165) is 44.1 Å². The van der Waals surface area contributed by atoms with Gasteiger partial charge in [0.05, 0.1) is 23.9 Å². The Labute approximate surface area is 135 Å². The van der Waals surface area contributed by atoms with Crippen LogP contribution in [0.15, 0.2) is 30.6 Å². The lowest BCUT2D eigenvalue weighted by atomic mass is 10.2.